The van der Waals surface area contributed by atoms with Gasteiger partial charge in [-0.05, 0) is 22.8 Å². The fraction of sp³-hybridized carbons (Fsp3) is 0.250. The lowest BCUT2D eigenvalue weighted by Crippen LogP contribution is -2.49. The van der Waals surface area contributed by atoms with Gasteiger partial charge in [-0.15, -0.1) is 0 Å². The van der Waals surface area contributed by atoms with Crippen molar-refractivity contribution in [1.29, 1.82) is 0 Å². The maximum Gasteiger partial charge on any atom is 0.211 e. The van der Waals surface area contributed by atoms with Crippen LogP contribution in [0, 0.1) is 0 Å². The minimum absolute atomic E-state index is 0.169. The molecule has 1 aliphatic heterocycles. The topological polar surface area (TPSA) is 40.6 Å². The van der Waals surface area contributed by atoms with Crippen LogP contribution in [0.5, 0.6) is 0 Å². The zero-order valence-corrected chi connectivity index (χ0v) is 18.5. The molecule has 0 spiro atoms. The summed E-state index contributed by atoms with van der Waals surface area (Å²) in [5, 5.41) is 0.743. The average Bonchev–Trinajstić information content (AvgIpc) is 2.75. The zero-order valence-electron chi connectivity index (χ0n) is 16.9. The third-order valence-corrected chi connectivity index (χ3v) is 7.19. The molecule has 0 radical (unpaired) electrons. The number of rotatable bonds is 5. The van der Waals surface area contributed by atoms with Crippen molar-refractivity contribution in [3.63, 3.8) is 0 Å². The molecule has 1 heterocycles. The zero-order chi connectivity index (χ0) is 21.1. The van der Waals surface area contributed by atoms with Gasteiger partial charge in [-0.25, -0.2) is 8.42 Å². The van der Waals surface area contributed by atoms with Crippen LogP contribution in [0.2, 0.25) is 5.02 Å². The Kier molecular flexibility index (Phi) is 6.25. The largest absolute Gasteiger partial charge is 0.296 e. The summed E-state index contributed by atoms with van der Waals surface area (Å²) in [5.74, 6) is 0. The predicted molar refractivity (Wildman–Crippen MR) is 123 cm³/mol. The Hall–Kier alpha value is -2.18. The van der Waals surface area contributed by atoms with Crippen LogP contribution >= 0.6 is 11.6 Å². The Labute approximate surface area is 183 Å². The van der Waals surface area contributed by atoms with E-state index in [1.54, 1.807) is 4.31 Å². The lowest BCUT2D eigenvalue weighted by molar-refractivity contribution is 0.130. The highest BCUT2D eigenvalue weighted by Crippen LogP contribution is 2.30. The Morgan fingerprint density at radius 3 is 2.23 bits per heavy atom. The van der Waals surface area contributed by atoms with Crippen LogP contribution in [0.15, 0.2) is 78.9 Å². The highest BCUT2D eigenvalue weighted by Gasteiger charge is 2.33. The van der Waals surface area contributed by atoms with Crippen molar-refractivity contribution in [2.75, 3.05) is 25.9 Å². The van der Waals surface area contributed by atoms with Crippen LogP contribution < -0.4 is 0 Å². The lowest BCUT2D eigenvalue weighted by atomic mass is 10.0. The molecule has 1 aliphatic rings. The first-order valence-corrected chi connectivity index (χ1v) is 12.2. The third kappa shape index (κ3) is 4.76. The van der Waals surface area contributed by atoms with Gasteiger partial charge >= 0.3 is 0 Å². The molecule has 1 fully saturated rings. The summed E-state index contributed by atoms with van der Waals surface area (Å²) in [6, 6.07) is 26.0. The van der Waals surface area contributed by atoms with Gasteiger partial charge in [0.15, 0.2) is 0 Å². The van der Waals surface area contributed by atoms with Crippen molar-refractivity contribution >= 4 is 21.6 Å². The third-order valence-electron chi connectivity index (χ3n) is 5.57. The summed E-state index contributed by atoms with van der Waals surface area (Å²) >= 11 is 6.32. The smallest absolute Gasteiger partial charge is 0.211 e. The van der Waals surface area contributed by atoms with Gasteiger partial charge in [0.25, 0.3) is 0 Å². The minimum Gasteiger partial charge on any atom is -0.296 e. The Bertz CT molecular complexity index is 1100. The maximum absolute atomic E-state index is 12.3. The molecule has 0 aliphatic carbocycles. The van der Waals surface area contributed by atoms with E-state index in [0.29, 0.717) is 19.6 Å². The molecule has 30 heavy (non-hydrogen) atoms. The van der Waals surface area contributed by atoms with E-state index in [1.807, 2.05) is 54.6 Å². The van der Waals surface area contributed by atoms with Gasteiger partial charge < -0.3 is 0 Å². The molecule has 1 atom stereocenters. The number of sulfonamides is 1. The fourth-order valence-corrected chi connectivity index (χ4v) is 5.36. The molecule has 0 amide bonds. The summed E-state index contributed by atoms with van der Waals surface area (Å²) in [7, 11) is -3.27. The van der Waals surface area contributed by atoms with Crippen LogP contribution in [0.25, 0.3) is 11.1 Å². The van der Waals surface area contributed by atoms with E-state index in [1.165, 1.54) is 11.8 Å². The first kappa shape index (κ1) is 21.1. The van der Waals surface area contributed by atoms with E-state index >= 15 is 0 Å². The molecule has 0 N–H and O–H groups in total. The van der Waals surface area contributed by atoms with Gasteiger partial charge in [-0.3, -0.25) is 4.90 Å². The van der Waals surface area contributed by atoms with E-state index in [9.17, 15) is 8.42 Å². The van der Waals surface area contributed by atoms with Crippen molar-refractivity contribution in [2.24, 2.45) is 0 Å². The number of hydrogen-bond donors (Lipinski definition) is 0. The summed E-state index contributed by atoms with van der Waals surface area (Å²) in [4.78, 5) is 2.32. The van der Waals surface area contributed by atoms with Crippen LogP contribution in [0.3, 0.4) is 0 Å². The highest BCUT2D eigenvalue weighted by atomic mass is 35.5. The highest BCUT2D eigenvalue weighted by molar-refractivity contribution is 7.88. The molecule has 4 rings (SSSR count). The minimum atomic E-state index is -3.27. The number of hydrogen-bond acceptors (Lipinski definition) is 3. The molecule has 1 unspecified atom stereocenters. The second kappa shape index (κ2) is 8.90. The van der Waals surface area contributed by atoms with Gasteiger partial charge in [-0.1, -0.05) is 84.4 Å². The van der Waals surface area contributed by atoms with Crippen molar-refractivity contribution in [2.45, 2.75) is 12.6 Å². The molecule has 0 aromatic heterocycles. The average molecular weight is 441 g/mol. The Morgan fingerprint density at radius 1 is 0.900 bits per heavy atom. The van der Waals surface area contributed by atoms with Crippen LogP contribution in [0.4, 0.5) is 0 Å². The quantitative estimate of drug-likeness (QED) is 0.570. The molecule has 0 bridgehead atoms. The van der Waals surface area contributed by atoms with Gasteiger partial charge in [0.2, 0.25) is 10.0 Å². The standard InChI is InChI=1S/C24H25ClN2O2S/c1-30(28,29)27-16-15-26(18-24(27)21-7-3-2-4-8-21)17-19-11-13-20(14-12-19)22-9-5-6-10-23(22)25/h2-14,24H,15-18H2,1H3. The lowest BCUT2D eigenvalue weighted by Gasteiger charge is -2.40. The monoisotopic (exact) mass is 440 g/mol. The van der Waals surface area contributed by atoms with Gasteiger partial charge in [-0.2, -0.15) is 4.31 Å². The van der Waals surface area contributed by atoms with Gasteiger partial charge in [0.05, 0.1) is 12.3 Å². The molecular weight excluding hydrogens is 416 g/mol. The van der Waals surface area contributed by atoms with E-state index in [0.717, 1.165) is 28.3 Å². The van der Waals surface area contributed by atoms with E-state index < -0.39 is 10.0 Å². The van der Waals surface area contributed by atoms with E-state index in [4.69, 9.17) is 11.6 Å². The second-order valence-corrected chi connectivity index (χ2v) is 10.1. The van der Waals surface area contributed by atoms with Crippen molar-refractivity contribution in [3.8, 4) is 11.1 Å². The second-order valence-electron chi connectivity index (χ2n) is 7.71. The van der Waals surface area contributed by atoms with Crippen LogP contribution in [0.1, 0.15) is 17.2 Å². The van der Waals surface area contributed by atoms with Gasteiger partial charge in [0.1, 0.15) is 0 Å². The van der Waals surface area contributed by atoms with E-state index in [-0.39, 0.29) is 6.04 Å². The number of nitrogens with zero attached hydrogens (tertiary/aromatic N) is 2. The molecule has 1 saturated heterocycles. The number of halogens is 1. The van der Waals surface area contributed by atoms with Gasteiger partial charge in [0, 0.05) is 36.8 Å². The Morgan fingerprint density at radius 2 is 1.57 bits per heavy atom. The Balaban J connectivity index is 1.51. The predicted octanol–water partition coefficient (Wildman–Crippen LogP) is 4.83. The molecule has 6 heteroatoms. The molecule has 3 aromatic rings. The summed E-state index contributed by atoms with van der Waals surface area (Å²) in [6.07, 6.45) is 1.30. The molecule has 156 valence electrons. The van der Waals surface area contributed by atoms with Crippen LogP contribution in [-0.4, -0.2) is 43.5 Å². The first-order valence-electron chi connectivity index (χ1n) is 10.00. The molecule has 3 aromatic carbocycles. The summed E-state index contributed by atoms with van der Waals surface area (Å²) in [5.41, 5.74) is 4.34. The summed E-state index contributed by atoms with van der Waals surface area (Å²) in [6.45, 7) is 2.66. The normalized spacial score (nSPS) is 18.4. The fourth-order valence-electron chi connectivity index (χ4n) is 4.05. The molecule has 0 saturated carbocycles. The van der Waals surface area contributed by atoms with Crippen molar-refractivity contribution in [3.05, 3.63) is 95.0 Å². The van der Waals surface area contributed by atoms with E-state index in [2.05, 4.69) is 29.2 Å². The SMILES string of the molecule is CS(=O)(=O)N1CCN(Cc2ccc(-c3ccccc3Cl)cc2)CC1c1ccccc1. The summed E-state index contributed by atoms with van der Waals surface area (Å²) < 4.78 is 26.3. The van der Waals surface area contributed by atoms with Crippen LogP contribution in [-0.2, 0) is 16.6 Å². The molecule has 4 nitrogen and oxygen atoms in total. The first-order chi connectivity index (χ1) is 14.4. The van der Waals surface area contributed by atoms with Crippen molar-refractivity contribution < 1.29 is 8.42 Å². The molecular formula is C24H25ClN2O2S. The van der Waals surface area contributed by atoms with Crippen molar-refractivity contribution in [1.82, 2.24) is 9.21 Å². The number of benzene rings is 3. The maximum atomic E-state index is 12.3. The number of piperazine rings is 1.